The van der Waals surface area contributed by atoms with E-state index in [0.717, 1.165) is 37.3 Å². The molecule has 1 fully saturated rings. The van der Waals surface area contributed by atoms with Gasteiger partial charge in [-0.05, 0) is 50.9 Å². The van der Waals surface area contributed by atoms with Gasteiger partial charge >= 0.3 is 0 Å². The van der Waals surface area contributed by atoms with E-state index in [1.54, 1.807) is 0 Å². The van der Waals surface area contributed by atoms with E-state index >= 15 is 0 Å². The van der Waals surface area contributed by atoms with Crippen LogP contribution in [0.2, 0.25) is 0 Å². The monoisotopic (exact) mass is 261 g/mol. The quantitative estimate of drug-likeness (QED) is 0.891. The minimum absolute atomic E-state index is 0.228. The molecule has 0 aliphatic carbocycles. The van der Waals surface area contributed by atoms with Crippen LogP contribution in [0.15, 0.2) is 18.3 Å². The predicted octanol–water partition coefficient (Wildman–Crippen LogP) is 1.39. The van der Waals surface area contributed by atoms with Gasteiger partial charge in [0.1, 0.15) is 0 Å². The molecule has 0 unspecified atom stereocenters. The van der Waals surface area contributed by atoms with Crippen molar-refractivity contribution in [2.45, 2.75) is 26.2 Å². The lowest BCUT2D eigenvalue weighted by molar-refractivity contribution is -0.132. The average Bonchev–Trinajstić information content (AvgIpc) is 2.42. The van der Waals surface area contributed by atoms with Crippen molar-refractivity contribution in [3.8, 4) is 0 Å². The molecule has 1 atom stereocenters. The standard InChI is InChI=1S/C15H23N3O/c1-12-5-6-13(10-17-12)8-15(19)18-7-3-4-14(11-18)9-16-2/h5-6,10,14,16H,3-4,7-9,11H2,1-2H3/t14-/m1/s1. The number of aryl methyl sites for hydroxylation is 1. The minimum atomic E-state index is 0.228. The SMILES string of the molecule is CNC[C@H]1CCCN(C(=O)Cc2ccc(C)nc2)C1. The van der Waals surface area contributed by atoms with Gasteiger partial charge in [-0.25, -0.2) is 0 Å². The van der Waals surface area contributed by atoms with Crippen LogP contribution >= 0.6 is 0 Å². The van der Waals surface area contributed by atoms with Crippen molar-refractivity contribution < 1.29 is 4.79 Å². The number of hydrogen-bond donors (Lipinski definition) is 1. The summed E-state index contributed by atoms with van der Waals surface area (Å²) in [6.45, 7) is 4.74. The molecule has 1 aliphatic rings. The number of piperidine rings is 1. The molecule has 4 heteroatoms. The highest BCUT2D eigenvalue weighted by Crippen LogP contribution is 2.16. The maximum atomic E-state index is 12.3. The first-order valence-corrected chi connectivity index (χ1v) is 7.03. The van der Waals surface area contributed by atoms with Crippen LogP contribution in [-0.4, -0.2) is 42.5 Å². The number of pyridine rings is 1. The molecular weight excluding hydrogens is 238 g/mol. The summed E-state index contributed by atoms with van der Waals surface area (Å²) in [5, 5.41) is 3.20. The lowest BCUT2D eigenvalue weighted by Crippen LogP contribution is -2.43. The van der Waals surface area contributed by atoms with Crippen molar-refractivity contribution >= 4 is 5.91 Å². The third-order valence-corrected chi connectivity index (χ3v) is 3.69. The van der Waals surface area contributed by atoms with Gasteiger partial charge in [-0.2, -0.15) is 0 Å². The number of rotatable bonds is 4. The van der Waals surface area contributed by atoms with Crippen molar-refractivity contribution in [1.82, 2.24) is 15.2 Å². The van der Waals surface area contributed by atoms with E-state index in [1.807, 2.05) is 37.2 Å². The van der Waals surface area contributed by atoms with Gasteiger partial charge in [0.05, 0.1) is 6.42 Å². The zero-order chi connectivity index (χ0) is 13.7. The Labute approximate surface area is 115 Å². The van der Waals surface area contributed by atoms with Gasteiger partial charge < -0.3 is 10.2 Å². The number of carbonyl (C=O) groups is 1. The molecule has 0 bridgehead atoms. The van der Waals surface area contributed by atoms with Gasteiger partial charge in [-0.15, -0.1) is 0 Å². The van der Waals surface area contributed by atoms with Crippen LogP contribution in [0.5, 0.6) is 0 Å². The number of likely N-dealkylation sites (tertiary alicyclic amines) is 1. The first kappa shape index (κ1) is 14.0. The molecule has 0 aromatic carbocycles. The topological polar surface area (TPSA) is 45.2 Å². The molecule has 1 aromatic rings. The van der Waals surface area contributed by atoms with Gasteiger partial charge in [0.2, 0.25) is 5.91 Å². The van der Waals surface area contributed by atoms with E-state index in [1.165, 1.54) is 6.42 Å². The zero-order valence-electron chi connectivity index (χ0n) is 11.9. The molecule has 1 aromatic heterocycles. The highest BCUT2D eigenvalue weighted by atomic mass is 16.2. The summed E-state index contributed by atoms with van der Waals surface area (Å²) in [7, 11) is 1.97. The fourth-order valence-corrected chi connectivity index (χ4v) is 2.64. The highest BCUT2D eigenvalue weighted by molar-refractivity contribution is 5.78. The van der Waals surface area contributed by atoms with E-state index in [-0.39, 0.29) is 5.91 Å². The molecule has 0 saturated carbocycles. The summed E-state index contributed by atoms with van der Waals surface area (Å²) in [5.41, 5.74) is 1.99. The van der Waals surface area contributed by atoms with E-state index in [9.17, 15) is 4.79 Å². The molecule has 1 amide bonds. The summed E-state index contributed by atoms with van der Waals surface area (Å²) >= 11 is 0. The number of nitrogens with zero attached hydrogens (tertiary/aromatic N) is 2. The Bertz CT molecular complexity index is 414. The van der Waals surface area contributed by atoms with Crippen molar-refractivity contribution in [2.24, 2.45) is 5.92 Å². The Hall–Kier alpha value is -1.42. The van der Waals surface area contributed by atoms with Crippen molar-refractivity contribution in [1.29, 1.82) is 0 Å². The average molecular weight is 261 g/mol. The van der Waals surface area contributed by atoms with Crippen LogP contribution in [0.4, 0.5) is 0 Å². The van der Waals surface area contributed by atoms with Gasteiger partial charge in [-0.1, -0.05) is 6.07 Å². The fourth-order valence-electron chi connectivity index (χ4n) is 2.64. The van der Waals surface area contributed by atoms with Crippen LogP contribution in [0.1, 0.15) is 24.1 Å². The van der Waals surface area contributed by atoms with Crippen LogP contribution in [0.3, 0.4) is 0 Å². The Balaban J connectivity index is 1.90. The second-order valence-electron chi connectivity index (χ2n) is 5.39. The van der Waals surface area contributed by atoms with Crippen molar-refractivity contribution in [3.05, 3.63) is 29.6 Å². The molecule has 4 nitrogen and oxygen atoms in total. The van der Waals surface area contributed by atoms with Gasteiger partial charge in [0.15, 0.2) is 0 Å². The Morgan fingerprint density at radius 2 is 2.37 bits per heavy atom. The smallest absolute Gasteiger partial charge is 0.227 e. The summed E-state index contributed by atoms with van der Waals surface area (Å²) in [6, 6.07) is 3.96. The van der Waals surface area contributed by atoms with E-state index < -0.39 is 0 Å². The summed E-state index contributed by atoms with van der Waals surface area (Å²) < 4.78 is 0. The molecule has 2 heterocycles. The highest BCUT2D eigenvalue weighted by Gasteiger charge is 2.23. The maximum Gasteiger partial charge on any atom is 0.227 e. The normalized spacial score (nSPS) is 19.5. The second-order valence-corrected chi connectivity index (χ2v) is 5.39. The molecule has 1 aliphatic heterocycles. The first-order chi connectivity index (χ1) is 9.19. The summed E-state index contributed by atoms with van der Waals surface area (Å²) in [5.74, 6) is 0.824. The zero-order valence-corrected chi connectivity index (χ0v) is 11.9. The van der Waals surface area contributed by atoms with E-state index in [2.05, 4.69) is 10.3 Å². The Kier molecular flexibility index (Phi) is 4.91. The Morgan fingerprint density at radius 1 is 1.53 bits per heavy atom. The van der Waals surface area contributed by atoms with E-state index in [4.69, 9.17) is 0 Å². The fraction of sp³-hybridized carbons (Fsp3) is 0.600. The predicted molar refractivity (Wildman–Crippen MR) is 75.9 cm³/mol. The van der Waals surface area contributed by atoms with Gasteiger partial charge in [0, 0.05) is 25.0 Å². The minimum Gasteiger partial charge on any atom is -0.342 e. The largest absolute Gasteiger partial charge is 0.342 e. The number of amides is 1. The molecule has 19 heavy (non-hydrogen) atoms. The molecule has 1 saturated heterocycles. The molecule has 0 spiro atoms. The lowest BCUT2D eigenvalue weighted by atomic mass is 9.97. The number of hydrogen-bond acceptors (Lipinski definition) is 3. The molecule has 2 rings (SSSR count). The van der Waals surface area contributed by atoms with Crippen molar-refractivity contribution in [2.75, 3.05) is 26.7 Å². The number of aromatic nitrogens is 1. The van der Waals surface area contributed by atoms with Crippen LogP contribution in [0.25, 0.3) is 0 Å². The third kappa shape index (κ3) is 4.03. The maximum absolute atomic E-state index is 12.3. The molecule has 0 radical (unpaired) electrons. The number of carbonyl (C=O) groups excluding carboxylic acids is 1. The van der Waals surface area contributed by atoms with Crippen LogP contribution in [0, 0.1) is 12.8 Å². The third-order valence-electron chi connectivity index (χ3n) is 3.69. The van der Waals surface area contributed by atoms with Crippen LogP contribution < -0.4 is 5.32 Å². The van der Waals surface area contributed by atoms with Crippen molar-refractivity contribution in [3.63, 3.8) is 0 Å². The second kappa shape index (κ2) is 6.66. The van der Waals surface area contributed by atoms with Crippen LogP contribution in [-0.2, 0) is 11.2 Å². The first-order valence-electron chi connectivity index (χ1n) is 7.03. The molecule has 1 N–H and O–H groups in total. The Morgan fingerprint density at radius 3 is 3.05 bits per heavy atom. The summed E-state index contributed by atoms with van der Waals surface area (Å²) in [6.07, 6.45) is 4.61. The lowest BCUT2D eigenvalue weighted by Gasteiger charge is -2.32. The number of nitrogens with one attached hydrogen (secondary N) is 1. The molecule has 104 valence electrons. The molecular formula is C15H23N3O. The summed E-state index contributed by atoms with van der Waals surface area (Å²) in [4.78, 5) is 18.5. The van der Waals surface area contributed by atoms with E-state index in [0.29, 0.717) is 12.3 Å². The van der Waals surface area contributed by atoms with Gasteiger partial charge in [-0.3, -0.25) is 9.78 Å². The van der Waals surface area contributed by atoms with Gasteiger partial charge in [0.25, 0.3) is 0 Å².